The maximum atomic E-state index is 5.73. The lowest BCUT2D eigenvalue weighted by Crippen LogP contribution is -2.22. The molecule has 2 heterocycles. The Morgan fingerprint density at radius 2 is 2.46 bits per heavy atom. The summed E-state index contributed by atoms with van der Waals surface area (Å²) >= 11 is 3.50. The van der Waals surface area contributed by atoms with Gasteiger partial charge in [0.05, 0.1) is 5.69 Å². The molecular weight excluding hydrogens is 230 g/mol. The molecule has 1 unspecified atom stereocenters. The molecule has 0 fully saturated rings. The summed E-state index contributed by atoms with van der Waals surface area (Å²) in [5.41, 5.74) is 7.03. The van der Waals surface area contributed by atoms with E-state index in [4.69, 9.17) is 5.73 Å². The SMILES string of the molecule is Cc1nc(Br)c2n1CCCC2CN. The summed E-state index contributed by atoms with van der Waals surface area (Å²) in [7, 11) is 0. The molecule has 1 aliphatic heterocycles. The first-order valence-corrected chi connectivity index (χ1v) is 5.46. The number of aryl methyl sites for hydroxylation is 1. The Balaban J connectivity index is 2.48. The fourth-order valence-electron chi connectivity index (χ4n) is 2.08. The number of imidazole rings is 1. The lowest BCUT2D eigenvalue weighted by atomic mass is 9.97. The molecule has 1 atom stereocenters. The van der Waals surface area contributed by atoms with Crippen LogP contribution in [0.4, 0.5) is 0 Å². The fourth-order valence-corrected chi connectivity index (χ4v) is 2.87. The molecule has 0 spiro atoms. The van der Waals surface area contributed by atoms with Gasteiger partial charge in [0.1, 0.15) is 10.4 Å². The van der Waals surface area contributed by atoms with Gasteiger partial charge in [-0.3, -0.25) is 0 Å². The quantitative estimate of drug-likeness (QED) is 0.818. The summed E-state index contributed by atoms with van der Waals surface area (Å²) in [5, 5.41) is 0. The Morgan fingerprint density at radius 1 is 1.69 bits per heavy atom. The zero-order chi connectivity index (χ0) is 9.42. The Kier molecular flexibility index (Phi) is 2.43. The summed E-state index contributed by atoms with van der Waals surface area (Å²) in [4.78, 5) is 4.41. The predicted octanol–water partition coefficient (Wildman–Crippen LogP) is 1.79. The molecule has 0 radical (unpaired) electrons. The van der Waals surface area contributed by atoms with E-state index in [1.807, 2.05) is 6.92 Å². The minimum atomic E-state index is 0.490. The van der Waals surface area contributed by atoms with Crippen LogP contribution < -0.4 is 5.73 Å². The number of halogens is 1. The van der Waals surface area contributed by atoms with Gasteiger partial charge in [-0.1, -0.05) is 0 Å². The largest absolute Gasteiger partial charge is 0.331 e. The minimum Gasteiger partial charge on any atom is -0.331 e. The monoisotopic (exact) mass is 243 g/mol. The molecular formula is C9H14BrN3. The van der Waals surface area contributed by atoms with Crippen molar-refractivity contribution in [1.82, 2.24) is 9.55 Å². The third kappa shape index (κ3) is 1.42. The third-order valence-electron chi connectivity index (χ3n) is 2.76. The highest BCUT2D eigenvalue weighted by molar-refractivity contribution is 9.10. The average Bonchev–Trinajstić information content (AvgIpc) is 2.43. The van der Waals surface area contributed by atoms with Gasteiger partial charge < -0.3 is 10.3 Å². The molecule has 0 saturated heterocycles. The highest BCUT2D eigenvalue weighted by Crippen LogP contribution is 2.32. The van der Waals surface area contributed by atoms with E-state index >= 15 is 0 Å². The van der Waals surface area contributed by atoms with Crippen molar-refractivity contribution in [2.24, 2.45) is 5.73 Å². The topological polar surface area (TPSA) is 43.8 Å². The van der Waals surface area contributed by atoms with E-state index in [1.165, 1.54) is 18.5 Å². The first-order chi connectivity index (χ1) is 6.24. The maximum absolute atomic E-state index is 5.73. The van der Waals surface area contributed by atoms with Crippen LogP contribution in [-0.2, 0) is 6.54 Å². The third-order valence-corrected chi connectivity index (χ3v) is 3.34. The highest BCUT2D eigenvalue weighted by atomic mass is 79.9. The van der Waals surface area contributed by atoms with Crippen LogP contribution in [-0.4, -0.2) is 16.1 Å². The van der Waals surface area contributed by atoms with Gasteiger partial charge in [0.2, 0.25) is 0 Å². The fraction of sp³-hybridized carbons (Fsp3) is 0.667. The molecule has 0 saturated carbocycles. The summed E-state index contributed by atoms with van der Waals surface area (Å²) in [6, 6.07) is 0. The Bertz CT molecular complexity index is 319. The van der Waals surface area contributed by atoms with Gasteiger partial charge in [0.15, 0.2) is 0 Å². The van der Waals surface area contributed by atoms with E-state index in [-0.39, 0.29) is 0 Å². The predicted molar refractivity (Wildman–Crippen MR) is 55.7 cm³/mol. The van der Waals surface area contributed by atoms with Crippen molar-refractivity contribution in [1.29, 1.82) is 0 Å². The van der Waals surface area contributed by atoms with Gasteiger partial charge in [-0.25, -0.2) is 4.98 Å². The summed E-state index contributed by atoms with van der Waals surface area (Å²) in [6.07, 6.45) is 2.42. The number of rotatable bonds is 1. The van der Waals surface area contributed by atoms with E-state index in [1.54, 1.807) is 0 Å². The summed E-state index contributed by atoms with van der Waals surface area (Å²) < 4.78 is 3.27. The first kappa shape index (κ1) is 9.21. The van der Waals surface area contributed by atoms with Gasteiger partial charge in [0.25, 0.3) is 0 Å². The number of fused-ring (bicyclic) bond motifs is 1. The standard InChI is InChI=1S/C9H14BrN3/c1-6-12-9(10)8-7(5-11)3-2-4-13(6)8/h7H,2-5,11H2,1H3. The van der Waals surface area contributed by atoms with Crippen LogP contribution in [0.3, 0.4) is 0 Å². The molecule has 13 heavy (non-hydrogen) atoms. The van der Waals surface area contributed by atoms with Crippen LogP contribution >= 0.6 is 15.9 Å². The normalized spacial score (nSPS) is 21.6. The van der Waals surface area contributed by atoms with E-state index in [9.17, 15) is 0 Å². The van der Waals surface area contributed by atoms with Gasteiger partial charge in [-0.2, -0.15) is 0 Å². The molecule has 0 bridgehead atoms. The maximum Gasteiger partial charge on any atom is 0.127 e. The Morgan fingerprint density at radius 3 is 3.15 bits per heavy atom. The lowest BCUT2D eigenvalue weighted by molar-refractivity contribution is 0.451. The molecule has 0 amide bonds. The molecule has 3 nitrogen and oxygen atoms in total. The number of nitrogens with zero attached hydrogens (tertiary/aromatic N) is 2. The smallest absolute Gasteiger partial charge is 0.127 e. The van der Waals surface area contributed by atoms with E-state index < -0.39 is 0 Å². The van der Waals surface area contributed by atoms with Gasteiger partial charge in [-0.15, -0.1) is 0 Å². The van der Waals surface area contributed by atoms with Crippen molar-refractivity contribution in [3.8, 4) is 0 Å². The van der Waals surface area contributed by atoms with Crippen LogP contribution in [0.5, 0.6) is 0 Å². The van der Waals surface area contributed by atoms with Crippen molar-refractivity contribution in [3.05, 3.63) is 16.1 Å². The van der Waals surface area contributed by atoms with Crippen molar-refractivity contribution in [2.75, 3.05) is 6.54 Å². The lowest BCUT2D eigenvalue weighted by Gasteiger charge is -2.23. The number of aromatic nitrogens is 2. The Hall–Kier alpha value is -0.350. The second-order valence-corrected chi connectivity index (χ2v) is 4.31. The van der Waals surface area contributed by atoms with E-state index in [0.29, 0.717) is 5.92 Å². The molecule has 2 N–H and O–H groups in total. The number of hydrogen-bond acceptors (Lipinski definition) is 2. The molecule has 72 valence electrons. The van der Waals surface area contributed by atoms with Crippen LogP contribution in [0.2, 0.25) is 0 Å². The minimum absolute atomic E-state index is 0.490. The van der Waals surface area contributed by atoms with Crippen LogP contribution in [0.1, 0.15) is 30.3 Å². The second-order valence-electron chi connectivity index (χ2n) is 3.56. The second kappa shape index (κ2) is 3.42. The molecule has 0 aromatic carbocycles. The zero-order valence-corrected chi connectivity index (χ0v) is 9.34. The van der Waals surface area contributed by atoms with Crippen molar-refractivity contribution in [3.63, 3.8) is 0 Å². The van der Waals surface area contributed by atoms with Gasteiger partial charge in [0, 0.05) is 19.0 Å². The van der Waals surface area contributed by atoms with Crippen molar-refractivity contribution in [2.45, 2.75) is 32.2 Å². The van der Waals surface area contributed by atoms with Crippen LogP contribution in [0, 0.1) is 6.92 Å². The molecule has 2 rings (SSSR count). The van der Waals surface area contributed by atoms with Crippen LogP contribution in [0.15, 0.2) is 4.60 Å². The molecule has 1 aliphatic rings. The zero-order valence-electron chi connectivity index (χ0n) is 7.76. The van der Waals surface area contributed by atoms with E-state index in [2.05, 4.69) is 25.5 Å². The van der Waals surface area contributed by atoms with Crippen LogP contribution in [0.25, 0.3) is 0 Å². The van der Waals surface area contributed by atoms with Gasteiger partial charge in [-0.05, 0) is 35.7 Å². The van der Waals surface area contributed by atoms with Gasteiger partial charge >= 0.3 is 0 Å². The number of hydrogen-bond donors (Lipinski definition) is 1. The van der Waals surface area contributed by atoms with Crippen molar-refractivity contribution >= 4 is 15.9 Å². The number of nitrogens with two attached hydrogens (primary N) is 1. The molecule has 0 aliphatic carbocycles. The molecule has 1 aromatic rings. The average molecular weight is 244 g/mol. The first-order valence-electron chi connectivity index (χ1n) is 4.66. The molecule has 4 heteroatoms. The summed E-state index contributed by atoms with van der Waals surface area (Å²) in [6.45, 7) is 3.87. The highest BCUT2D eigenvalue weighted by Gasteiger charge is 2.24. The van der Waals surface area contributed by atoms with E-state index in [0.717, 1.165) is 23.5 Å². The van der Waals surface area contributed by atoms with Crippen molar-refractivity contribution < 1.29 is 0 Å². The molecule has 1 aromatic heterocycles. The summed E-state index contributed by atoms with van der Waals surface area (Å²) in [5.74, 6) is 1.59. The Labute approximate surface area is 86.5 Å².